The van der Waals surface area contributed by atoms with Crippen LogP contribution in [0.3, 0.4) is 0 Å². The molecular formula is C14H26N4OS. The smallest absolute Gasteiger partial charge is 0.190 e. The van der Waals surface area contributed by atoms with Crippen LogP contribution in [-0.2, 0) is 11.2 Å². The summed E-state index contributed by atoms with van der Waals surface area (Å²) in [5.74, 6) is 1.34. The minimum atomic E-state index is 0.511. The van der Waals surface area contributed by atoms with Gasteiger partial charge in [-0.05, 0) is 6.42 Å². The first-order chi connectivity index (χ1) is 9.67. The summed E-state index contributed by atoms with van der Waals surface area (Å²) in [6, 6.07) is 0. The molecule has 0 saturated heterocycles. The summed E-state index contributed by atoms with van der Waals surface area (Å²) in [4.78, 5) is 8.81. The van der Waals surface area contributed by atoms with E-state index in [-0.39, 0.29) is 0 Å². The van der Waals surface area contributed by atoms with Crippen molar-refractivity contribution in [3.63, 3.8) is 0 Å². The maximum atomic E-state index is 5.01. The molecule has 0 unspecified atom stereocenters. The second-order valence-electron chi connectivity index (χ2n) is 4.85. The minimum Gasteiger partial charge on any atom is -0.385 e. The van der Waals surface area contributed by atoms with Gasteiger partial charge in [0, 0.05) is 51.6 Å². The van der Waals surface area contributed by atoms with Gasteiger partial charge >= 0.3 is 0 Å². The normalized spacial score (nSPS) is 11.9. The number of hydrogen-bond donors (Lipinski definition) is 2. The van der Waals surface area contributed by atoms with Crippen LogP contribution in [0.5, 0.6) is 0 Å². The van der Waals surface area contributed by atoms with Crippen molar-refractivity contribution in [2.24, 2.45) is 4.99 Å². The van der Waals surface area contributed by atoms with Gasteiger partial charge in [-0.1, -0.05) is 13.8 Å². The number of nitrogens with zero attached hydrogens (tertiary/aromatic N) is 2. The predicted octanol–water partition coefficient (Wildman–Crippen LogP) is 2.01. The van der Waals surface area contributed by atoms with E-state index in [1.165, 1.54) is 5.01 Å². The van der Waals surface area contributed by atoms with Crippen molar-refractivity contribution in [1.29, 1.82) is 0 Å². The highest BCUT2D eigenvalue weighted by Gasteiger charge is 2.05. The van der Waals surface area contributed by atoms with Crippen molar-refractivity contribution in [2.75, 3.05) is 33.9 Å². The van der Waals surface area contributed by atoms with Crippen LogP contribution in [-0.4, -0.2) is 44.8 Å². The van der Waals surface area contributed by atoms with E-state index in [9.17, 15) is 0 Å². The zero-order valence-electron chi connectivity index (χ0n) is 12.9. The van der Waals surface area contributed by atoms with Crippen LogP contribution in [0.25, 0.3) is 0 Å². The molecule has 0 fully saturated rings. The van der Waals surface area contributed by atoms with Gasteiger partial charge in [-0.15, -0.1) is 11.3 Å². The summed E-state index contributed by atoms with van der Waals surface area (Å²) in [6.45, 7) is 6.81. The van der Waals surface area contributed by atoms with E-state index in [0.717, 1.165) is 44.2 Å². The van der Waals surface area contributed by atoms with E-state index in [1.807, 2.05) is 0 Å². The first-order valence-electron chi connectivity index (χ1n) is 7.05. The van der Waals surface area contributed by atoms with Gasteiger partial charge in [-0.3, -0.25) is 4.99 Å². The Bertz CT molecular complexity index is 404. The Hall–Kier alpha value is -1.14. The number of rotatable bonds is 8. The number of aromatic nitrogens is 1. The van der Waals surface area contributed by atoms with Crippen LogP contribution < -0.4 is 10.6 Å². The van der Waals surface area contributed by atoms with Crippen molar-refractivity contribution in [2.45, 2.75) is 32.6 Å². The number of aliphatic imine (C=N–C) groups is 1. The van der Waals surface area contributed by atoms with Crippen LogP contribution in [0.4, 0.5) is 0 Å². The van der Waals surface area contributed by atoms with Crippen LogP contribution in [0.15, 0.2) is 10.4 Å². The molecule has 20 heavy (non-hydrogen) atoms. The molecule has 0 atom stereocenters. The maximum absolute atomic E-state index is 5.01. The standard InChI is InChI=1S/C14H26N4OS/c1-11(2)13-18-12(10-20-13)6-8-17-14(15-3)16-7-5-9-19-4/h10-11H,5-9H2,1-4H3,(H2,15,16,17). The number of nitrogens with one attached hydrogen (secondary N) is 2. The molecule has 0 spiro atoms. The molecule has 0 aliphatic carbocycles. The summed E-state index contributed by atoms with van der Waals surface area (Å²) in [6.07, 6.45) is 1.89. The Morgan fingerprint density at radius 2 is 2.15 bits per heavy atom. The van der Waals surface area contributed by atoms with E-state index >= 15 is 0 Å². The second-order valence-corrected chi connectivity index (χ2v) is 5.74. The minimum absolute atomic E-state index is 0.511. The van der Waals surface area contributed by atoms with Crippen molar-refractivity contribution < 1.29 is 4.74 Å². The Balaban J connectivity index is 2.23. The predicted molar refractivity (Wildman–Crippen MR) is 85.8 cm³/mol. The molecule has 0 amide bonds. The average Bonchev–Trinajstić information content (AvgIpc) is 2.90. The molecule has 6 heteroatoms. The van der Waals surface area contributed by atoms with Gasteiger partial charge in [0.1, 0.15) is 0 Å². The van der Waals surface area contributed by atoms with Crippen LogP contribution in [0, 0.1) is 0 Å². The fourth-order valence-electron chi connectivity index (χ4n) is 1.66. The lowest BCUT2D eigenvalue weighted by atomic mass is 10.2. The zero-order chi connectivity index (χ0) is 14.8. The number of ether oxygens (including phenoxy) is 1. The average molecular weight is 298 g/mol. The van der Waals surface area contributed by atoms with Crippen LogP contribution in [0.1, 0.15) is 36.9 Å². The lowest BCUT2D eigenvalue weighted by Crippen LogP contribution is -2.39. The maximum Gasteiger partial charge on any atom is 0.190 e. The first-order valence-corrected chi connectivity index (χ1v) is 7.93. The van der Waals surface area contributed by atoms with E-state index in [4.69, 9.17) is 4.74 Å². The van der Waals surface area contributed by atoms with Gasteiger partial charge in [-0.2, -0.15) is 0 Å². The number of thiazole rings is 1. The SMILES string of the molecule is CN=C(NCCCOC)NCCc1csc(C(C)C)n1. The molecule has 0 aliphatic heterocycles. The van der Waals surface area contributed by atoms with E-state index in [0.29, 0.717) is 5.92 Å². The first kappa shape index (κ1) is 16.9. The molecule has 2 N–H and O–H groups in total. The highest BCUT2D eigenvalue weighted by atomic mass is 32.1. The van der Waals surface area contributed by atoms with Crippen molar-refractivity contribution >= 4 is 17.3 Å². The molecule has 0 radical (unpaired) electrons. The molecule has 0 aliphatic rings. The van der Waals surface area contributed by atoms with Gasteiger partial charge in [0.2, 0.25) is 0 Å². The monoisotopic (exact) mass is 298 g/mol. The Labute approximate surface area is 125 Å². The molecule has 1 rings (SSSR count). The zero-order valence-corrected chi connectivity index (χ0v) is 13.7. The largest absolute Gasteiger partial charge is 0.385 e. The lowest BCUT2D eigenvalue weighted by Gasteiger charge is -2.11. The van der Waals surface area contributed by atoms with Gasteiger partial charge in [-0.25, -0.2) is 4.98 Å². The van der Waals surface area contributed by atoms with E-state index < -0.39 is 0 Å². The number of guanidine groups is 1. The van der Waals surface area contributed by atoms with Crippen molar-refractivity contribution in [3.8, 4) is 0 Å². The van der Waals surface area contributed by atoms with Gasteiger partial charge in [0.25, 0.3) is 0 Å². The van der Waals surface area contributed by atoms with Crippen LogP contribution in [0.2, 0.25) is 0 Å². The Kier molecular flexibility index (Phi) is 8.22. The Morgan fingerprint density at radius 3 is 2.75 bits per heavy atom. The molecule has 0 saturated carbocycles. The molecule has 0 aromatic carbocycles. The molecule has 1 aromatic heterocycles. The second kappa shape index (κ2) is 9.72. The molecule has 1 aromatic rings. The lowest BCUT2D eigenvalue weighted by molar-refractivity contribution is 0.195. The summed E-state index contributed by atoms with van der Waals surface area (Å²) in [5, 5.41) is 9.91. The third-order valence-corrected chi connectivity index (χ3v) is 3.97. The molecule has 0 bridgehead atoms. The Morgan fingerprint density at radius 1 is 1.40 bits per heavy atom. The van der Waals surface area contributed by atoms with Gasteiger partial charge in [0.05, 0.1) is 10.7 Å². The highest BCUT2D eigenvalue weighted by molar-refractivity contribution is 7.09. The van der Waals surface area contributed by atoms with Crippen LogP contribution >= 0.6 is 11.3 Å². The topological polar surface area (TPSA) is 58.5 Å². The molecular weight excluding hydrogens is 272 g/mol. The van der Waals surface area contributed by atoms with E-state index in [1.54, 1.807) is 25.5 Å². The number of hydrogen-bond acceptors (Lipinski definition) is 4. The van der Waals surface area contributed by atoms with Crippen molar-refractivity contribution in [3.05, 3.63) is 16.1 Å². The summed E-state index contributed by atoms with van der Waals surface area (Å²) >= 11 is 1.74. The fraction of sp³-hybridized carbons (Fsp3) is 0.714. The summed E-state index contributed by atoms with van der Waals surface area (Å²) < 4.78 is 5.01. The third-order valence-electron chi connectivity index (χ3n) is 2.78. The summed E-state index contributed by atoms with van der Waals surface area (Å²) in [5.41, 5.74) is 1.15. The van der Waals surface area contributed by atoms with E-state index in [2.05, 4.69) is 39.8 Å². The van der Waals surface area contributed by atoms with Gasteiger partial charge < -0.3 is 15.4 Å². The van der Waals surface area contributed by atoms with Gasteiger partial charge in [0.15, 0.2) is 5.96 Å². The fourth-order valence-corrected chi connectivity index (χ4v) is 2.52. The highest BCUT2D eigenvalue weighted by Crippen LogP contribution is 2.19. The molecule has 5 nitrogen and oxygen atoms in total. The summed E-state index contributed by atoms with van der Waals surface area (Å²) in [7, 11) is 3.50. The molecule has 114 valence electrons. The molecule has 1 heterocycles. The third kappa shape index (κ3) is 6.34. The quantitative estimate of drug-likeness (QED) is 0.438. The number of methoxy groups -OCH3 is 1. The van der Waals surface area contributed by atoms with Crippen molar-refractivity contribution in [1.82, 2.24) is 15.6 Å².